The van der Waals surface area contributed by atoms with E-state index in [9.17, 15) is 9.59 Å². The van der Waals surface area contributed by atoms with E-state index in [0.717, 1.165) is 11.6 Å². The van der Waals surface area contributed by atoms with Gasteiger partial charge in [-0.05, 0) is 17.7 Å². The van der Waals surface area contributed by atoms with Crippen LogP contribution in [0.25, 0.3) is 0 Å². The summed E-state index contributed by atoms with van der Waals surface area (Å²) in [6.07, 6.45) is 4.51. The van der Waals surface area contributed by atoms with Crippen LogP contribution in [-0.4, -0.2) is 35.3 Å². The van der Waals surface area contributed by atoms with Gasteiger partial charge in [0, 0.05) is 26.0 Å². The van der Waals surface area contributed by atoms with Crippen molar-refractivity contribution in [3.63, 3.8) is 0 Å². The first-order chi connectivity index (χ1) is 8.13. The summed E-state index contributed by atoms with van der Waals surface area (Å²) < 4.78 is 0. The Morgan fingerprint density at radius 1 is 1.59 bits per heavy atom. The average Bonchev–Trinajstić information content (AvgIpc) is 2.36. The Labute approximate surface area is 100 Å². The van der Waals surface area contributed by atoms with Crippen molar-refractivity contribution in [1.29, 1.82) is 0 Å². The Kier molecular flexibility index (Phi) is 4.87. The molecule has 1 heterocycles. The highest BCUT2D eigenvalue weighted by Crippen LogP contribution is 2.00. The first-order valence-corrected chi connectivity index (χ1v) is 5.16. The van der Waals surface area contributed by atoms with Gasteiger partial charge in [-0.25, -0.2) is 0 Å². The summed E-state index contributed by atoms with van der Waals surface area (Å²) in [5, 5.41) is 2.43. The largest absolute Gasteiger partial charge is 0.343 e. The van der Waals surface area contributed by atoms with E-state index in [1.165, 1.54) is 4.90 Å². The molecule has 0 spiro atoms. The number of rotatable bonds is 5. The van der Waals surface area contributed by atoms with Crippen molar-refractivity contribution in [2.45, 2.75) is 6.54 Å². The molecule has 0 radical (unpaired) electrons. The fourth-order valence-electron chi connectivity index (χ4n) is 1.22. The number of hydrogen-bond acceptors (Lipinski definition) is 3. The topological polar surface area (TPSA) is 62.3 Å². The molecule has 0 aliphatic heterocycles. The molecule has 0 fully saturated rings. The van der Waals surface area contributed by atoms with Gasteiger partial charge in [0.05, 0.1) is 6.54 Å². The van der Waals surface area contributed by atoms with Gasteiger partial charge < -0.3 is 10.2 Å². The fraction of sp³-hybridized carbons (Fsp3) is 0.250. The molecule has 5 heteroatoms. The molecule has 0 unspecified atom stereocenters. The Balaban J connectivity index is 2.42. The number of carbonyl (C=O) groups is 2. The van der Waals surface area contributed by atoms with Crippen molar-refractivity contribution in [1.82, 2.24) is 15.2 Å². The number of nitrogens with zero attached hydrogens (tertiary/aromatic N) is 2. The molecule has 0 aromatic carbocycles. The SMILES string of the molecule is C=CC(=O)NCC(=O)N(C)Cc1cccnc1. The molecule has 5 nitrogen and oxygen atoms in total. The highest BCUT2D eigenvalue weighted by Gasteiger charge is 2.09. The van der Waals surface area contributed by atoms with Crippen molar-refractivity contribution in [2.75, 3.05) is 13.6 Å². The van der Waals surface area contributed by atoms with E-state index >= 15 is 0 Å². The number of hydrogen-bond donors (Lipinski definition) is 1. The third-order valence-electron chi connectivity index (χ3n) is 2.17. The van der Waals surface area contributed by atoms with E-state index < -0.39 is 0 Å². The van der Waals surface area contributed by atoms with Crippen LogP contribution >= 0.6 is 0 Å². The zero-order chi connectivity index (χ0) is 12.7. The number of pyridine rings is 1. The van der Waals surface area contributed by atoms with E-state index in [-0.39, 0.29) is 18.4 Å². The van der Waals surface area contributed by atoms with Gasteiger partial charge in [-0.15, -0.1) is 0 Å². The minimum atomic E-state index is -0.354. The molecule has 1 aromatic rings. The lowest BCUT2D eigenvalue weighted by atomic mass is 10.2. The average molecular weight is 233 g/mol. The summed E-state index contributed by atoms with van der Waals surface area (Å²) in [6, 6.07) is 3.70. The summed E-state index contributed by atoms with van der Waals surface area (Å²) in [4.78, 5) is 28.0. The third kappa shape index (κ3) is 4.46. The highest BCUT2D eigenvalue weighted by molar-refractivity contribution is 5.90. The van der Waals surface area contributed by atoms with E-state index in [0.29, 0.717) is 6.54 Å². The van der Waals surface area contributed by atoms with Crippen molar-refractivity contribution < 1.29 is 9.59 Å². The van der Waals surface area contributed by atoms with Crippen LogP contribution in [0.15, 0.2) is 37.2 Å². The predicted molar refractivity (Wildman–Crippen MR) is 63.9 cm³/mol. The summed E-state index contributed by atoms with van der Waals surface area (Å²) in [6.45, 7) is 3.75. The molecule has 0 saturated heterocycles. The molecular formula is C12H15N3O2. The molecule has 1 rings (SSSR count). The number of carbonyl (C=O) groups excluding carboxylic acids is 2. The minimum Gasteiger partial charge on any atom is -0.343 e. The van der Waals surface area contributed by atoms with Gasteiger partial charge in [0.15, 0.2) is 0 Å². The minimum absolute atomic E-state index is 0.0262. The lowest BCUT2D eigenvalue weighted by Gasteiger charge is -2.17. The maximum absolute atomic E-state index is 11.6. The lowest BCUT2D eigenvalue weighted by molar-refractivity contribution is -0.131. The summed E-state index contributed by atoms with van der Waals surface area (Å²) >= 11 is 0. The molecular weight excluding hydrogens is 218 g/mol. The molecule has 0 bridgehead atoms. The lowest BCUT2D eigenvalue weighted by Crippen LogP contribution is -2.37. The molecule has 0 saturated carbocycles. The van der Waals surface area contributed by atoms with Gasteiger partial charge in [-0.3, -0.25) is 14.6 Å². The maximum Gasteiger partial charge on any atom is 0.243 e. The second-order valence-corrected chi connectivity index (χ2v) is 3.53. The van der Waals surface area contributed by atoms with Crippen LogP contribution in [-0.2, 0) is 16.1 Å². The standard InChI is InChI=1S/C12H15N3O2/c1-3-11(16)14-8-12(17)15(2)9-10-5-4-6-13-7-10/h3-7H,1,8-9H2,2H3,(H,14,16). The quantitative estimate of drug-likeness (QED) is 0.746. The summed E-state index contributed by atoms with van der Waals surface area (Å²) in [5.74, 6) is -0.516. The van der Waals surface area contributed by atoms with Crippen LogP contribution < -0.4 is 5.32 Å². The van der Waals surface area contributed by atoms with Crippen LogP contribution in [0.4, 0.5) is 0 Å². The van der Waals surface area contributed by atoms with Gasteiger partial charge >= 0.3 is 0 Å². The van der Waals surface area contributed by atoms with Crippen molar-refractivity contribution in [3.05, 3.63) is 42.7 Å². The molecule has 2 amide bonds. The first-order valence-electron chi connectivity index (χ1n) is 5.16. The van der Waals surface area contributed by atoms with Gasteiger partial charge in [0.2, 0.25) is 11.8 Å². The van der Waals surface area contributed by atoms with Crippen LogP contribution in [0, 0.1) is 0 Å². The molecule has 1 N–H and O–H groups in total. The Hall–Kier alpha value is -2.17. The smallest absolute Gasteiger partial charge is 0.243 e. The zero-order valence-electron chi connectivity index (χ0n) is 9.72. The highest BCUT2D eigenvalue weighted by atomic mass is 16.2. The van der Waals surface area contributed by atoms with Crippen LogP contribution in [0.3, 0.4) is 0 Å². The van der Waals surface area contributed by atoms with E-state index in [2.05, 4.69) is 16.9 Å². The van der Waals surface area contributed by atoms with E-state index in [4.69, 9.17) is 0 Å². The monoisotopic (exact) mass is 233 g/mol. The number of aromatic nitrogens is 1. The van der Waals surface area contributed by atoms with Crippen LogP contribution in [0.1, 0.15) is 5.56 Å². The zero-order valence-corrected chi connectivity index (χ0v) is 9.72. The molecule has 0 atom stereocenters. The molecule has 17 heavy (non-hydrogen) atoms. The van der Waals surface area contributed by atoms with Gasteiger partial charge in [-0.1, -0.05) is 12.6 Å². The van der Waals surface area contributed by atoms with Crippen molar-refractivity contribution in [2.24, 2.45) is 0 Å². The molecule has 0 aliphatic rings. The predicted octanol–water partition coefficient (Wildman–Crippen LogP) is 0.342. The Morgan fingerprint density at radius 2 is 2.35 bits per heavy atom. The van der Waals surface area contributed by atoms with Crippen molar-refractivity contribution in [3.8, 4) is 0 Å². The van der Waals surface area contributed by atoms with Gasteiger partial charge in [0.1, 0.15) is 0 Å². The van der Waals surface area contributed by atoms with Gasteiger partial charge in [-0.2, -0.15) is 0 Å². The molecule has 90 valence electrons. The number of likely N-dealkylation sites (N-methyl/N-ethyl adjacent to an activating group) is 1. The van der Waals surface area contributed by atoms with E-state index in [1.54, 1.807) is 19.4 Å². The van der Waals surface area contributed by atoms with Crippen molar-refractivity contribution >= 4 is 11.8 Å². The second-order valence-electron chi connectivity index (χ2n) is 3.53. The maximum atomic E-state index is 11.6. The normalized spacial score (nSPS) is 9.47. The Bertz CT molecular complexity index is 403. The van der Waals surface area contributed by atoms with Crippen LogP contribution in [0.2, 0.25) is 0 Å². The fourth-order valence-corrected chi connectivity index (χ4v) is 1.22. The van der Waals surface area contributed by atoms with Crippen LogP contribution in [0.5, 0.6) is 0 Å². The molecule has 1 aromatic heterocycles. The van der Waals surface area contributed by atoms with E-state index in [1.807, 2.05) is 12.1 Å². The summed E-state index contributed by atoms with van der Waals surface area (Å²) in [7, 11) is 1.68. The number of amides is 2. The number of nitrogens with one attached hydrogen (secondary N) is 1. The van der Waals surface area contributed by atoms with Gasteiger partial charge in [0.25, 0.3) is 0 Å². The second kappa shape index (κ2) is 6.42. The first kappa shape index (κ1) is 12.9. The Morgan fingerprint density at radius 3 is 2.94 bits per heavy atom. The molecule has 0 aliphatic carbocycles. The summed E-state index contributed by atoms with van der Waals surface area (Å²) in [5.41, 5.74) is 0.943. The third-order valence-corrected chi connectivity index (χ3v) is 2.17.